The minimum absolute atomic E-state index is 0.0114. The first-order valence-electron chi connectivity index (χ1n) is 10.1. The summed E-state index contributed by atoms with van der Waals surface area (Å²) in [5, 5.41) is 15.0. The molecule has 4 rings (SSSR count). The molecule has 3 aromatic rings. The van der Waals surface area contributed by atoms with Crippen LogP contribution in [0.3, 0.4) is 0 Å². The number of hydrogen-bond acceptors (Lipinski definition) is 6. The van der Waals surface area contributed by atoms with E-state index >= 15 is 0 Å². The molecule has 0 unspecified atom stereocenters. The van der Waals surface area contributed by atoms with Crippen molar-refractivity contribution in [1.82, 2.24) is 35.1 Å². The largest absolute Gasteiger partial charge is 0.344 e. The van der Waals surface area contributed by atoms with Crippen LogP contribution < -0.4 is 5.32 Å². The second kappa shape index (κ2) is 8.52. The van der Waals surface area contributed by atoms with Crippen molar-refractivity contribution in [2.24, 2.45) is 7.05 Å². The summed E-state index contributed by atoms with van der Waals surface area (Å²) in [4.78, 5) is 18.5. The van der Waals surface area contributed by atoms with Crippen molar-refractivity contribution in [3.05, 3.63) is 36.4 Å². The van der Waals surface area contributed by atoms with Gasteiger partial charge in [0.05, 0.1) is 17.1 Å². The van der Waals surface area contributed by atoms with Crippen molar-refractivity contribution in [2.45, 2.75) is 50.1 Å². The van der Waals surface area contributed by atoms with Crippen LogP contribution >= 0.6 is 11.8 Å². The summed E-state index contributed by atoms with van der Waals surface area (Å²) < 4.78 is 3.74. The highest BCUT2D eigenvalue weighted by molar-refractivity contribution is 7.98. The number of carbonyl (C=O) groups is 1. The molecule has 2 heterocycles. The molecule has 9 heteroatoms. The third kappa shape index (κ3) is 3.75. The number of hydrogen-bond donors (Lipinski definition) is 1. The molecule has 1 aromatic carbocycles. The van der Waals surface area contributed by atoms with Crippen LogP contribution in [0.5, 0.6) is 0 Å². The van der Waals surface area contributed by atoms with Crippen LogP contribution in [-0.4, -0.2) is 47.7 Å². The number of nitrogens with one attached hydrogen (secondary N) is 1. The Hall–Kier alpha value is -2.42. The maximum atomic E-state index is 13.6. The number of thioether (sulfide) groups is 1. The normalized spacial score (nSPS) is 17.3. The fourth-order valence-corrected chi connectivity index (χ4v) is 4.80. The number of rotatable bonds is 7. The Labute approximate surface area is 174 Å². The molecule has 0 radical (unpaired) electrons. The molecular weight excluding hydrogens is 386 g/mol. The van der Waals surface area contributed by atoms with Gasteiger partial charge in [-0.2, -0.15) is 11.8 Å². The van der Waals surface area contributed by atoms with E-state index in [-0.39, 0.29) is 11.9 Å². The number of fused-ring (bicyclic) bond motifs is 1. The van der Waals surface area contributed by atoms with Gasteiger partial charge in [-0.05, 0) is 53.8 Å². The summed E-state index contributed by atoms with van der Waals surface area (Å²) in [7, 11) is 2.01. The lowest BCUT2D eigenvalue weighted by Crippen LogP contribution is -2.51. The number of aromatic nitrogens is 6. The summed E-state index contributed by atoms with van der Waals surface area (Å²) >= 11 is 1.77. The number of nitrogens with zero attached hydrogens (tertiary/aromatic N) is 6. The lowest BCUT2D eigenvalue weighted by molar-refractivity contribution is -0.133. The minimum Gasteiger partial charge on any atom is -0.344 e. The van der Waals surface area contributed by atoms with Crippen LogP contribution in [0.25, 0.3) is 11.0 Å². The van der Waals surface area contributed by atoms with Gasteiger partial charge in [0.15, 0.2) is 0 Å². The zero-order valence-corrected chi connectivity index (χ0v) is 17.7. The summed E-state index contributed by atoms with van der Waals surface area (Å²) in [5.74, 6) is 1.81. The number of aryl methyl sites for hydroxylation is 1. The van der Waals surface area contributed by atoms with Crippen LogP contribution in [-0.2, 0) is 17.4 Å². The van der Waals surface area contributed by atoms with E-state index in [0.717, 1.165) is 61.1 Å². The van der Waals surface area contributed by atoms with Crippen molar-refractivity contribution in [2.75, 3.05) is 12.0 Å². The van der Waals surface area contributed by atoms with E-state index in [0.29, 0.717) is 0 Å². The molecule has 0 aliphatic heterocycles. The summed E-state index contributed by atoms with van der Waals surface area (Å²) in [6, 6.07) is 7.91. The SMILES string of the molecule is CSCC[C@@H](NC(=O)C1(n2cnnn2)CCCCC1)c1nc2ccccc2n1C. The van der Waals surface area contributed by atoms with E-state index in [9.17, 15) is 4.79 Å². The highest BCUT2D eigenvalue weighted by Gasteiger charge is 2.43. The first-order valence-corrected chi connectivity index (χ1v) is 11.5. The quantitative estimate of drug-likeness (QED) is 0.640. The Kier molecular flexibility index (Phi) is 5.84. The number of benzene rings is 1. The smallest absolute Gasteiger partial charge is 0.248 e. The first kappa shape index (κ1) is 19.9. The number of imidazole rings is 1. The molecule has 1 saturated carbocycles. The molecule has 0 spiro atoms. The molecule has 1 aliphatic carbocycles. The van der Waals surface area contributed by atoms with Gasteiger partial charge in [-0.3, -0.25) is 4.79 Å². The Morgan fingerprint density at radius 2 is 2.07 bits per heavy atom. The lowest BCUT2D eigenvalue weighted by Gasteiger charge is -2.36. The van der Waals surface area contributed by atoms with Crippen LogP contribution in [0.1, 0.15) is 50.4 Å². The van der Waals surface area contributed by atoms with E-state index in [4.69, 9.17) is 4.98 Å². The van der Waals surface area contributed by atoms with Gasteiger partial charge in [-0.25, -0.2) is 9.67 Å². The molecular formula is C20H27N7OS. The first-order chi connectivity index (χ1) is 14.2. The molecule has 1 amide bonds. The van der Waals surface area contributed by atoms with Crippen molar-refractivity contribution in [1.29, 1.82) is 0 Å². The standard InChI is InChI=1S/C20H27N7OS/c1-26-17-9-5-4-8-15(17)22-18(26)16(10-13-29-2)23-19(28)20(11-6-3-7-12-20)27-14-21-24-25-27/h4-5,8-9,14,16H,3,6-7,10-13H2,1-2H3,(H,23,28)/t16-/m1/s1. The van der Waals surface area contributed by atoms with Gasteiger partial charge in [0.25, 0.3) is 0 Å². The Bertz CT molecular complexity index is 963. The third-order valence-electron chi connectivity index (χ3n) is 5.94. The van der Waals surface area contributed by atoms with Gasteiger partial charge in [0.2, 0.25) is 5.91 Å². The van der Waals surface area contributed by atoms with Crippen molar-refractivity contribution in [3.8, 4) is 0 Å². The molecule has 1 atom stereocenters. The predicted molar refractivity (Wildman–Crippen MR) is 113 cm³/mol. The zero-order valence-electron chi connectivity index (χ0n) is 16.9. The maximum absolute atomic E-state index is 13.6. The molecule has 1 fully saturated rings. The van der Waals surface area contributed by atoms with Crippen LogP contribution in [0, 0.1) is 0 Å². The van der Waals surface area contributed by atoms with Crippen LogP contribution in [0.2, 0.25) is 0 Å². The van der Waals surface area contributed by atoms with Crippen molar-refractivity contribution < 1.29 is 4.79 Å². The topological polar surface area (TPSA) is 90.5 Å². The summed E-state index contributed by atoms with van der Waals surface area (Å²) in [6.07, 6.45) is 9.09. The zero-order chi connectivity index (χ0) is 20.3. The Balaban J connectivity index is 1.66. The molecule has 1 aliphatic rings. The second-order valence-corrected chi connectivity index (χ2v) is 8.66. The molecule has 154 valence electrons. The average Bonchev–Trinajstić information content (AvgIpc) is 3.41. The molecule has 29 heavy (non-hydrogen) atoms. The average molecular weight is 414 g/mol. The number of tetrazole rings is 1. The fraction of sp³-hybridized carbons (Fsp3) is 0.550. The van der Waals surface area contributed by atoms with Crippen LogP contribution in [0.15, 0.2) is 30.6 Å². The van der Waals surface area contributed by atoms with E-state index in [2.05, 4.69) is 37.7 Å². The lowest BCUT2D eigenvalue weighted by atomic mass is 9.80. The van der Waals surface area contributed by atoms with E-state index in [1.807, 2.05) is 25.2 Å². The van der Waals surface area contributed by atoms with E-state index in [1.54, 1.807) is 22.8 Å². The van der Waals surface area contributed by atoms with Crippen molar-refractivity contribution >= 4 is 28.7 Å². The summed E-state index contributed by atoms with van der Waals surface area (Å²) in [5.41, 5.74) is 1.30. The van der Waals surface area contributed by atoms with Gasteiger partial charge >= 0.3 is 0 Å². The van der Waals surface area contributed by atoms with Gasteiger partial charge in [0.1, 0.15) is 17.7 Å². The Morgan fingerprint density at radius 3 is 2.76 bits per heavy atom. The fourth-order valence-electron chi connectivity index (χ4n) is 4.32. The Morgan fingerprint density at radius 1 is 1.28 bits per heavy atom. The van der Waals surface area contributed by atoms with Gasteiger partial charge in [-0.1, -0.05) is 31.4 Å². The molecule has 8 nitrogen and oxygen atoms in total. The molecule has 0 bridgehead atoms. The maximum Gasteiger partial charge on any atom is 0.248 e. The highest BCUT2D eigenvalue weighted by Crippen LogP contribution is 2.35. The second-order valence-electron chi connectivity index (χ2n) is 7.67. The highest BCUT2D eigenvalue weighted by atomic mass is 32.2. The minimum atomic E-state index is -0.718. The number of carbonyl (C=O) groups excluding carboxylic acids is 1. The monoisotopic (exact) mass is 413 g/mol. The van der Waals surface area contributed by atoms with Gasteiger partial charge in [0, 0.05) is 7.05 Å². The molecule has 1 N–H and O–H groups in total. The van der Waals surface area contributed by atoms with E-state index < -0.39 is 5.54 Å². The summed E-state index contributed by atoms with van der Waals surface area (Å²) in [6.45, 7) is 0. The number of para-hydroxylation sites is 2. The number of amides is 1. The van der Waals surface area contributed by atoms with Gasteiger partial charge in [-0.15, -0.1) is 5.10 Å². The molecule has 0 saturated heterocycles. The van der Waals surface area contributed by atoms with Crippen LogP contribution in [0.4, 0.5) is 0 Å². The van der Waals surface area contributed by atoms with Gasteiger partial charge < -0.3 is 9.88 Å². The van der Waals surface area contributed by atoms with Crippen molar-refractivity contribution in [3.63, 3.8) is 0 Å². The third-order valence-corrected chi connectivity index (χ3v) is 6.58. The molecule has 2 aromatic heterocycles. The van der Waals surface area contributed by atoms with E-state index in [1.165, 1.54) is 0 Å². The predicted octanol–water partition coefficient (Wildman–Crippen LogP) is 2.83.